The van der Waals surface area contributed by atoms with Crippen LogP contribution in [-0.2, 0) is 20.8 Å². The first-order chi connectivity index (χ1) is 14.0. The molecule has 8 heteroatoms. The van der Waals surface area contributed by atoms with Crippen molar-refractivity contribution in [3.05, 3.63) is 54.2 Å². The number of nitrogens with one attached hydrogen (secondary N) is 1. The molecule has 0 radical (unpaired) electrons. The predicted molar refractivity (Wildman–Crippen MR) is 108 cm³/mol. The summed E-state index contributed by atoms with van der Waals surface area (Å²) in [4.78, 5) is 47.1. The summed E-state index contributed by atoms with van der Waals surface area (Å²) in [7, 11) is 3.02. The van der Waals surface area contributed by atoms with E-state index in [1.54, 1.807) is 25.4 Å². The number of rotatable bonds is 6. The van der Waals surface area contributed by atoms with Gasteiger partial charge in [0.1, 0.15) is 24.1 Å². The zero-order valence-corrected chi connectivity index (χ0v) is 16.3. The van der Waals surface area contributed by atoms with Crippen molar-refractivity contribution in [2.24, 2.45) is 4.99 Å². The van der Waals surface area contributed by atoms with Gasteiger partial charge in [0.25, 0.3) is 11.8 Å². The molecule has 1 aromatic heterocycles. The summed E-state index contributed by atoms with van der Waals surface area (Å²) in [5.41, 5.74) is 0.939. The second kappa shape index (κ2) is 9.09. The zero-order valence-electron chi connectivity index (χ0n) is 16.3. The van der Waals surface area contributed by atoms with Crippen LogP contribution in [0.25, 0.3) is 0 Å². The normalized spacial score (nSPS) is 16.5. The highest BCUT2D eigenvalue weighted by Gasteiger charge is 2.32. The number of nitrogens with zero attached hydrogens (tertiary/aromatic N) is 3. The Morgan fingerprint density at radius 3 is 2.72 bits per heavy atom. The Kier molecular flexibility index (Phi) is 6.33. The Labute approximate surface area is 168 Å². The Bertz CT molecular complexity index is 943. The summed E-state index contributed by atoms with van der Waals surface area (Å²) in [6, 6.07) is 11.8. The number of anilines is 1. The van der Waals surface area contributed by atoms with Gasteiger partial charge in [-0.2, -0.15) is 0 Å². The van der Waals surface area contributed by atoms with E-state index in [1.807, 2.05) is 30.3 Å². The number of likely N-dealkylation sites (N-methyl/N-ethyl adjacent to an activating group) is 1. The minimum atomic E-state index is -0.914. The van der Waals surface area contributed by atoms with Crippen LogP contribution in [0.3, 0.4) is 0 Å². The van der Waals surface area contributed by atoms with E-state index in [0.29, 0.717) is 11.6 Å². The van der Waals surface area contributed by atoms with Crippen LogP contribution in [0.4, 0.5) is 5.82 Å². The minimum absolute atomic E-state index is 0.0391. The number of aliphatic imine (C=N–C) groups is 1. The Hall–Kier alpha value is -3.55. The number of hydrogen-bond donors (Lipinski definition) is 1. The van der Waals surface area contributed by atoms with Crippen LogP contribution in [0.5, 0.6) is 5.75 Å². The average Bonchev–Trinajstić information content (AvgIpc) is 2.85. The van der Waals surface area contributed by atoms with Gasteiger partial charge in [0.2, 0.25) is 0 Å². The molecule has 1 aliphatic rings. The molecule has 2 aromatic rings. The number of benzene rings is 1. The van der Waals surface area contributed by atoms with E-state index in [0.717, 1.165) is 5.56 Å². The van der Waals surface area contributed by atoms with E-state index in [9.17, 15) is 14.4 Å². The second-order valence-electron chi connectivity index (χ2n) is 6.61. The molecule has 0 saturated heterocycles. The van der Waals surface area contributed by atoms with Crippen LogP contribution in [0.1, 0.15) is 12.0 Å². The molecule has 1 atom stereocenters. The maximum atomic E-state index is 12.7. The van der Waals surface area contributed by atoms with Crippen molar-refractivity contribution < 1.29 is 19.1 Å². The zero-order chi connectivity index (χ0) is 20.8. The lowest BCUT2D eigenvalue weighted by molar-refractivity contribution is -0.125. The van der Waals surface area contributed by atoms with E-state index in [-0.39, 0.29) is 36.9 Å². The van der Waals surface area contributed by atoms with Gasteiger partial charge in [-0.15, -0.1) is 0 Å². The number of pyridine rings is 1. The van der Waals surface area contributed by atoms with Gasteiger partial charge in [-0.05, 0) is 17.7 Å². The highest BCUT2D eigenvalue weighted by Crippen LogP contribution is 2.27. The molecular formula is C21H22N4O4. The number of hydrogen-bond acceptors (Lipinski definition) is 6. The molecule has 150 valence electrons. The fourth-order valence-electron chi connectivity index (χ4n) is 3.01. The second-order valence-corrected chi connectivity index (χ2v) is 6.61. The molecule has 0 unspecified atom stereocenters. The molecule has 1 aromatic carbocycles. The van der Waals surface area contributed by atoms with Crippen molar-refractivity contribution in [2.45, 2.75) is 18.9 Å². The largest absolute Gasteiger partial charge is 0.487 e. The number of aromatic nitrogens is 1. The smallest absolute Gasteiger partial charge is 0.266 e. The van der Waals surface area contributed by atoms with Gasteiger partial charge in [0, 0.05) is 26.7 Å². The molecular weight excluding hydrogens is 372 g/mol. The number of ketones is 1. The van der Waals surface area contributed by atoms with E-state index in [4.69, 9.17) is 4.74 Å². The van der Waals surface area contributed by atoms with Gasteiger partial charge in [0.05, 0.1) is 6.42 Å². The summed E-state index contributed by atoms with van der Waals surface area (Å²) >= 11 is 0. The predicted octanol–water partition coefficient (Wildman–Crippen LogP) is 1.19. The van der Waals surface area contributed by atoms with E-state index in [2.05, 4.69) is 15.3 Å². The highest BCUT2D eigenvalue weighted by atomic mass is 16.5. The number of amides is 2. The van der Waals surface area contributed by atoms with Crippen molar-refractivity contribution in [3.8, 4) is 5.75 Å². The van der Waals surface area contributed by atoms with Gasteiger partial charge in [-0.25, -0.2) is 4.98 Å². The minimum Gasteiger partial charge on any atom is -0.487 e. The molecule has 0 fully saturated rings. The number of carbonyl (C=O) groups is 3. The molecule has 1 N–H and O–H groups in total. The summed E-state index contributed by atoms with van der Waals surface area (Å²) in [5.74, 6) is -0.214. The van der Waals surface area contributed by atoms with E-state index < -0.39 is 11.9 Å². The van der Waals surface area contributed by atoms with Crippen molar-refractivity contribution in [1.29, 1.82) is 0 Å². The first kappa shape index (κ1) is 20.2. The van der Waals surface area contributed by atoms with Crippen molar-refractivity contribution in [3.63, 3.8) is 0 Å². The number of ether oxygens (including phenoxy) is 1. The van der Waals surface area contributed by atoms with Crippen molar-refractivity contribution in [2.75, 3.05) is 25.6 Å². The molecule has 2 heterocycles. The quantitative estimate of drug-likeness (QED) is 0.742. The Morgan fingerprint density at radius 2 is 2.00 bits per heavy atom. The van der Waals surface area contributed by atoms with Gasteiger partial charge in [0.15, 0.2) is 11.6 Å². The van der Waals surface area contributed by atoms with Crippen LogP contribution >= 0.6 is 0 Å². The highest BCUT2D eigenvalue weighted by molar-refractivity contribution is 6.42. The van der Waals surface area contributed by atoms with Crippen LogP contribution in [0.15, 0.2) is 53.7 Å². The SMILES string of the molecule is CN=C(CC(=O)Cc1ccccc1)C(=O)N[C@H]1COc2cccnc2N(C)C1=O. The first-order valence-electron chi connectivity index (χ1n) is 9.17. The molecule has 1 aliphatic heterocycles. The van der Waals surface area contributed by atoms with Gasteiger partial charge >= 0.3 is 0 Å². The van der Waals surface area contributed by atoms with E-state index in [1.165, 1.54) is 11.9 Å². The summed E-state index contributed by atoms with van der Waals surface area (Å²) in [6.07, 6.45) is 1.66. The van der Waals surface area contributed by atoms with Crippen LogP contribution in [-0.4, -0.2) is 55.0 Å². The molecule has 8 nitrogen and oxygen atoms in total. The summed E-state index contributed by atoms with van der Waals surface area (Å²) in [6.45, 7) is -0.0391. The molecule has 2 amide bonds. The van der Waals surface area contributed by atoms with Gasteiger partial charge in [-0.3, -0.25) is 24.3 Å². The monoisotopic (exact) mass is 394 g/mol. The Balaban J connectivity index is 1.63. The number of carbonyl (C=O) groups excluding carboxylic acids is 3. The maximum Gasteiger partial charge on any atom is 0.266 e. The van der Waals surface area contributed by atoms with Crippen molar-refractivity contribution in [1.82, 2.24) is 10.3 Å². The molecule has 29 heavy (non-hydrogen) atoms. The summed E-state index contributed by atoms with van der Waals surface area (Å²) in [5, 5.41) is 2.63. The molecule has 0 aliphatic carbocycles. The third-order valence-corrected chi connectivity index (χ3v) is 4.55. The Morgan fingerprint density at radius 1 is 1.24 bits per heavy atom. The molecule has 0 spiro atoms. The third-order valence-electron chi connectivity index (χ3n) is 4.55. The fraction of sp³-hybridized carbons (Fsp3) is 0.286. The van der Waals surface area contributed by atoms with Gasteiger partial charge < -0.3 is 10.1 Å². The number of fused-ring (bicyclic) bond motifs is 1. The molecule has 0 bridgehead atoms. The number of Topliss-reactive ketones (excluding diaryl/α,β-unsaturated/α-hetero) is 1. The maximum absolute atomic E-state index is 12.7. The van der Waals surface area contributed by atoms with Crippen LogP contribution in [0.2, 0.25) is 0 Å². The summed E-state index contributed by atoms with van der Waals surface area (Å²) < 4.78 is 5.63. The lowest BCUT2D eigenvalue weighted by Gasteiger charge is -2.19. The molecule has 3 rings (SSSR count). The third kappa shape index (κ3) is 4.84. The van der Waals surface area contributed by atoms with Crippen LogP contribution in [0, 0.1) is 0 Å². The fourth-order valence-corrected chi connectivity index (χ4v) is 3.01. The first-order valence-corrected chi connectivity index (χ1v) is 9.17. The lowest BCUT2D eigenvalue weighted by atomic mass is 10.0. The lowest BCUT2D eigenvalue weighted by Crippen LogP contribution is -2.51. The van der Waals surface area contributed by atoms with Gasteiger partial charge in [-0.1, -0.05) is 30.3 Å². The van der Waals surface area contributed by atoms with Crippen LogP contribution < -0.4 is 15.0 Å². The standard InChI is InChI=1S/C21H22N4O4/c1-22-16(12-15(26)11-14-7-4-3-5-8-14)20(27)24-17-13-29-18-9-6-10-23-19(18)25(2)21(17)28/h3-10,17H,11-13H2,1-2H3,(H,24,27)/t17-/m0/s1. The van der Waals surface area contributed by atoms with E-state index >= 15 is 0 Å². The average molecular weight is 394 g/mol. The van der Waals surface area contributed by atoms with Crippen molar-refractivity contribution >= 4 is 29.1 Å². The molecule has 0 saturated carbocycles. The topological polar surface area (TPSA) is 101 Å².